The summed E-state index contributed by atoms with van der Waals surface area (Å²) in [5, 5.41) is 0. The van der Waals surface area contributed by atoms with Gasteiger partial charge in [0.2, 0.25) is 0 Å². The molecule has 0 aromatic rings. The van der Waals surface area contributed by atoms with Crippen LogP contribution in [0.1, 0.15) is 20.8 Å². The summed E-state index contributed by atoms with van der Waals surface area (Å²) in [5.41, 5.74) is 0. The Hall–Kier alpha value is 0.150. The normalized spacial score (nSPS) is 31.6. The quantitative estimate of drug-likeness (QED) is 0.271. The Morgan fingerprint density at radius 1 is 1.21 bits per heavy atom. The van der Waals surface area contributed by atoms with Gasteiger partial charge in [0, 0.05) is 13.0 Å². The van der Waals surface area contributed by atoms with Gasteiger partial charge in [-0.25, -0.2) is 8.42 Å². The molecule has 1 saturated heterocycles. The van der Waals surface area contributed by atoms with Crippen molar-refractivity contribution in [2.24, 2.45) is 17.8 Å². The minimum atomic E-state index is -4.37. The molecule has 1 aliphatic rings. The molecule has 0 saturated carbocycles. The molecule has 0 aromatic heterocycles. The van der Waals surface area contributed by atoms with Crippen LogP contribution < -0.4 is 29.6 Å². The van der Waals surface area contributed by atoms with E-state index >= 15 is 0 Å². The van der Waals surface area contributed by atoms with Gasteiger partial charge in [0.15, 0.2) is 12.4 Å². The van der Waals surface area contributed by atoms with Gasteiger partial charge in [-0.2, -0.15) is 0 Å². The second-order valence-corrected chi connectivity index (χ2v) is 7.44. The van der Waals surface area contributed by atoms with Crippen LogP contribution in [0.3, 0.4) is 0 Å². The van der Waals surface area contributed by atoms with E-state index < -0.39 is 34.4 Å². The van der Waals surface area contributed by atoms with Crippen LogP contribution in [0.4, 0.5) is 0 Å². The third-order valence-corrected chi connectivity index (χ3v) is 5.12. The molecule has 0 aromatic carbocycles. The predicted molar refractivity (Wildman–Crippen MR) is 82.3 cm³/mol. The predicted octanol–water partition coefficient (Wildman–Crippen LogP) is -2.19. The van der Waals surface area contributed by atoms with Crippen molar-refractivity contribution >= 4 is 10.1 Å². The van der Waals surface area contributed by atoms with Crippen molar-refractivity contribution < 1.29 is 61.5 Å². The van der Waals surface area contributed by atoms with Crippen molar-refractivity contribution in [3.63, 3.8) is 0 Å². The summed E-state index contributed by atoms with van der Waals surface area (Å²) in [6.45, 7) is 6.23. The van der Waals surface area contributed by atoms with E-state index in [-0.39, 0.29) is 60.5 Å². The number of ether oxygens (including phenoxy) is 4. The summed E-state index contributed by atoms with van der Waals surface area (Å²) in [5.74, 6) is -0.460. The van der Waals surface area contributed by atoms with E-state index in [0.29, 0.717) is 0 Å². The Labute approximate surface area is 166 Å². The smallest absolute Gasteiger partial charge is 0.748 e. The molecular weight excluding hydrogens is 347 g/mol. The van der Waals surface area contributed by atoms with E-state index in [4.69, 9.17) is 25.4 Å². The Morgan fingerprint density at radius 3 is 2.33 bits per heavy atom. The topological polar surface area (TPSA) is 94.1 Å². The molecule has 1 fully saturated rings. The molecule has 9 heteroatoms. The van der Waals surface area contributed by atoms with E-state index in [9.17, 15) is 13.0 Å². The summed E-state index contributed by atoms with van der Waals surface area (Å²) in [6.07, 6.45) is 5.43. The van der Waals surface area contributed by atoms with Crippen molar-refractivity contribution in [1.82, 2.24) is 0 Å². The number of rotatable bonds is 8. The summed E-state index contributed by atoms with van der Waals surface area (Å²) >= 11 is 0. The Morgan fingerprint density at radius 2 is 1.83 bits per heavy atom. The van der Waals surface area contributed by atoms with Crippen molar-refractivity contribution in [3.05, 3.63) is 0 Å². The van der Waals surface area contributed by atoms with Crippen molar-refractivity contribution in [2.75, 3.05) is 26.1 Å². The SMILES string of the molecule is C#COC(COC)COC1OC(CS(=O)(=O)[O-])C(C)C(C)C1C.[Na+]. The first-order valence-electron chi connectivity index (χ1n) is 7.50. The standard InChI is InChI=1S/C15H26O7S.Na/c1-6-20-13(7-19-5)8-21-15-12(4)10(2)11(3)14(22-15)9-23(16,17)18;/h1,10-15H,7-9H2,2-5H3,(H,16,17,18);/q;+1/p-1. The van der Waals surface area contributed by atoms with Gasteiger partial charge in [-0.3, -0.25) is 0 Å². The number of hydrogen-bond donors (Lipinski definition) is 0. The third-order valence-electron chi connectivity index (χ3n) is 4.39. The van der Waals surface area contributed by atoms with Crippen LogP contribution in [-0.4, -0.2) is 57.5 Å². The summed E-state index contributed by atoms with van der Waals surface area (Å²) < 4.78 is 54.6. The Bertz CT molecular complexity index is 504. The monoisotopic (exact) mass is 372 g/mol. The van der Waals surface area contributed by atoms with Gasteiger partial charge in [0.25, 0.3) is 0 Å². The second-order valence-electron chi connectivity index (χ2n) is 5.99. The van der Waals surface area contributed by atoms with Crippen LogP contribution in [0.5, 0.6) is 0 Å². The second kappa shape index (κ2) is 11.0. The van der Waals surface area contributed by atoms with Crippen LogP contribution in [0.2, 0.25) is 0 Å². The molecule has 1 aliphatic heterocycles. The molecule has 1 rings (SSSR count). The number of methoxy groups -OCH3 is 1. The third kappa shape index (κ3) is 7.58. The zero-order chi connectivity index (χ0) is 17.6. The van der Waals surface area contributed by atoms with Gasteiger partial charge in [-0.1, -0.05) is 27.2 Å². The van der Waals surface area contributed by atoms with Gasteiger partial charge in [-0.15, -0.1) is 0 Å². The van der Waals surface area contributed by atoms with Crippen molar-refractivity contribution in [2.45, 2.75) is 39.3 Å². The molecule has 0 aliphatic carbocycles. The molecule has 134 valence electrons. The average Bonchev–Trinajstić information content (AvgIpc) is 2.45. The fourth-order valence-corrected chi connectivity index (χ4v) is 3.45. The summed E-state index contributed by atoms with van der Waals surface area (Å²) in [6, 6.07) is 0. The van der Waals surface area contributed by atoms with Gasteiger partial charge < -0.3 is 23.5 Å². The van der Waals surface area contributed by atoms with Crippen LogP contribution in [0.25, 0.3) is 0 Å². The summed E-state index contributed by atoms with van der Waals surface area (Å²) in [4.78, 5) is 0. The van der Waals surface area contributed by atoms with E-state index in [0.717, 1.165) is 0 Å². The molecule has 0 N–H and O–H groups in total. The molecule has 0 spiro atoms. The molecule has 0 bridgehead atoms. The van der Waals surface area contributed by atoms with Crippen molar-refractivity contribution in [1.29, 1.82) is 0 Å². The van der Waals surface area contributed by atoms with Gasteiger partial charge in [0.05, 0.1) is 35.2 Å². The van der Waals surface area contributed by atoms with Crippen molar-refractivity contribution in [3.8, 4) is 12.5 Å². The van der Waals surface area contributed by atoms with Crippen LogP contribution in [0, 0.1) is 30.3 Å². The van der Waals surface area contributed by atoms with E-state index in [1.807, 2.05) is 20.8 Å². The maximum atomic E-state index is 11.0. The zero-order valence-electron chi connectivity index (χ0n) is 14.9. The molecule has 0 amide bonds. The largest absolute Gasteiger partial charge is 1.00 e. The van der Waals surface area contributed by atoms with Gasteiger partial charge >= 0.3 is 29.6 Å². The fourth-order valence-electron chi connectivity index (χ4n) is 2.67. The molecule has 1 heterocycles. The Kier molecular flexibility index (Phi) is 11.1. The molecule has 6 unspecified atom stereocenters. The first-order valence-corrected chi connectivity index (χ1v) is 9.08. The number of hydrogen-bond acceptors (Lipinski definition) is 7. The van der Waals surface area contributed by atoms with Crippen LogP contribution >= 0.6 is 0 Å². The minimum Gasteiger partial charge on any atom is -0.748 e. The molecular formula is C15H25NaO7S. The van der Waals surface area contributed by atoms with E-state index in [1.165, 1.54) is 7.11 Å². The molecule has 7 nitrogen and oxygen atoms in total. The van der Waals surface area contributed by atoms with Gasteiger partial charge in [0.1, 0.15) is 6.11 Å². The first kappa shape index (κ1) is 24.1. The van der Waals surface area contributed by atoms with E-state index in [1.54, 1.807) is 0 Å². The summed E-state index contributed by atoms with van der Waals surface area (Å²) in [7, 11) is -2.85. The molecule has 6 atom stereocenters. The first-order chi connectivity index (χ1) is 10.7. The Balaban J connectivity index is 0.00000529. The van der Waals surface area contributed by atoms with Gasteiger partial charge in [-0.05, 0) is 11.8 Å². The average molecular weight is 372 g/mol. The molecule has 24 heavy (non-hydrogen) atoms. The number of terminal acetylenes is 1. The van der Waals surface area contributed by atoms with E-state index in [2.05, 4.69) is 6.11 Å². The zero-order valence-corrected chi connectivity index (χ0v) is 17.7. The maximum absolute atomic E-state index is 11.0. The van der Waals surface area contributed by atoms with Crippen LogP contribution in [-0.2, 0) is 29.1 Å². The molecule has 0 radical (unpaired) electrons. The maximum Gasteiger partial charge on any atom is 1.00 e. The minimum absolute atomic E-state index is 0. The fraction of sp³-hybridized carbons (Fsp3) is 0.867. The van der Waals surface area contributed by atoms with Crippen LogP contribution in [0.15, 0.2) is 0 Å².